The number of amides is 1. The summed E-state index contributed by atoms with van der Waals surface area (Å²) in [6.07, 6.45) is 3.81. The molecular formula is C17H17N3O3S. The quantitative estimate of drug-likeness (QED) is 0.791. The van der Waals surface area contributed by atoms with Gasteiger partial charge >= 0.3 is 0 Å². The van der Waals surface area contributed by atoms with Gasteiger partial charge in [-0.05, 0) is 37.5 Å². The van der Waals surface area contributed by atoms with Crippen LogP contribution in [0.3, 0.4) is 0 Å². The fourth-order valence-corrected chi connectivity index (χ4v) is 3.91. The van der Waals surface area contributed by atoms with E-state index in [1.807, 2.05) is 19.1 Å². The second kappa shape index (κ2) is 5.99. The summed E-state index contributed by atoms with van der Waals surface area (Å²) in [6, 6.07) is 5.37. The van der Waals surface area contributed by atoms with Crippen molar-refractivity contribution >= 4 is 33.1 Å². The van der Waals surface area contributed by atoms with Gasteiger partial charge in [-0.2, -0.15) is 0 Å². The smallest absolute Gasteiger partial charge is 0.266 e. The molecule has 0 bridgehead atoms. The predicted octanol–water partition coefficient (Wildman–Crippen LogP) is 2.13. The zero-order valence-corrected chi connectivity index (χ0v) is 14.1. The molecule has 124 valence electrons. The first-order valence-corrected chi connectivity index (χ1v) is 8.76. The number of rotatable bonds is 3. The number of pyridine rings is 1. The second-order valence-electron chi connectivity index (χ2n) is 5.98. The summed E-state index contributed by atoms with van der Waals surface area (Å²) in [6.45, 7) is 3.17. The molecule has 4 heterocycles. The molecule has 7 heteroatoms. The number of ether oxygens (including phenoxy) is 1. The molecule has 0 aromatic carbocycles. The average Bonchev–Trinajstić information content (AvgIpc) is 3.23. The molecule has 1 N–H and O–H groups in total. The lowest BCUT2D eigenvalue weighted by atomic mass is 10.2. The highest BCUT2D eigenvalue weighted by Crippen LogP contribution is 2.23. The Morgan fingerprint density at radius 1 is 1.54 bits per heavy atom. The first-order valence-electron chi connectivity index (χ1n) is 7.95. The van der Waals surface area contributed by atoms with Gasteiger partial charge in [0.15, 0.2) is 0 Å². The number of hydrogen-bond donors (Lipinski definition) is 1. The van der Waals surface area contributed by atoms with Crippen LogP contribution in [0.5, 0.6) is 0 Å². The predicted molar refractivity (Wildman–Crippen MR) is 92.9 cm³/mol. The molecule has 1 saturated heterocycles. The van der Waals surface area contributed by atoms with Crippen molar-refractivity contribution in [3.05, 3.63) is 45.2 Å². The Kier molecular flexibility index (Phi) is 3.82. The van der Waals surface area contributed by atoms with E-state index in [4.69, 9.17) is 4.74 Å². The molecule has 1 atom stereocenters. The van der Waals surface area contributed by atoms with Gasteiger partial charge in [-0.15, -0.1) is 11.3 Å². The lowest BCUT2D eigenvalue weighted by molar-refractivity contribution is 0.0861. The minimum Gasteiger partial charge on any atom is -0.376 e. The van der Waals surface area contributed by atoms with Crippen molar-refractivity contribution in [2.75, 3.05) is 13.2 Å². The van der Waals surface area contributed by atoms with Crippen LogP contribution in [0, 0.1) is 6.92 Å². The molecule has 1 unspecified atom stereocenters. The Labute approximate surface area is 142 Å². The highest BCUT2D eigenvalue weighted by Gasteiger charge is 2.19. The number of carbonyl (C=O) groups is 1. The van der Waals surface area contributed by atoms with Crippen molar-refractivity contribution in [3.63, 3.8) is 0 Å². The number of hydrogen-bond acceptors (Lipinski definition) is 5. The van der Waals surface area contributed by atoms with Crippen molar-refractivity contribution < 1.29 is 9.53 Å². The molecule has 3 aromatic heterocycles. The second-order valence-corrected chi connectivity index (χ2v) is 7.01. The SMILES string of the molecule is Cc1cccn2c(=O)c3cc(C(=O)NCC4CCCO4)sc3nc12. The van der Waals surface area contributed by atoms with E-state index in [2.05, 4.69) is 10.3 Å². The van der Waals surface area contributed by atoms with Gasteiger partial charge in [-0.25, -0.2) is 4.98 Å². The summed E-state index contributed by atoms with van der Waals surface area (Å²) in [7, 11) is 0. The number of nitrogens with zero attached hydrogens (tertiary/aromatic N) is 2. The van der Waals surface area contributed by atoms with Crippen LogP contribution >= 0.6 is 11.3 Å². The molecule has 0 radical (unpaired) electrons. The van der Waals surface area contributed by atoms with E-state index < -0.39 is 0 Å². The van der Waals surface area contributed by atoms with Crippen LogP contribution in [0.25, 0.3) is 15.9 Å². The van der Waals surface area contributed by atoms with Gasteiger partial charge in [0.1, 0.15) is 10.5 Å². The Bertz CT molecular complexity index is 986. The third-order valence-electron chi connectivity index (χ3n) is 4.27. The van der Waals surface area contributed by atoms with E-state index in [9.17, 15) is 9.59 Å². The first-order chi connectivity index (χ1) is 11.6. The van der Waals surface area contributed by atoms with Gasteiger partial charge in [0.05, 0.1) is 16.4 Å². The van der Waals surface area contributed by atoms with Gasteiger partial charge in [0.2, 0.25) is 0 Å². The molecule has 24 heavy (non-hydrogen) atoms. The Hall–Kier alpha value is -2.25. The van der Waals surface area contributed by atoms with Crippen LogP contribution in [0.2, 0.25) is 0 Å². The average molecular weight is 343 g/mol. The summed E-state index contributed by atoms with van der Waals surface area (Å²) in [5.74, 6) is -0.182. The fourth-order valence-electron chi connectivity index (χ4n) is 2.97. The topological polar surface area (TPSA) is 72.7 Å². The molecule has 3 aromatic rings. The third-order valence-corrected chi connectivity index (χ3v) is 5.30. The Morgan fingerprint density at radius 3 is 3.21 bits per heavy atom. The molecule has 1 fully saturated rings. The van der Waals surface area contributed by atoms with Gasteiger partial charge < -0.3 is 10.1 Å². The number of aryl methyl sites for hydroxylation is 1. The molecule has 1 aliphatic heterocycles. The van der Waals surface area contributed by atoms with E-state index in [0.717, 1.165) is 25.0 Å². The summed E-state index contributed by atoms with van der Waals surface area (Å²) in [4.78, 5) is 30.6. The number of fused-ring (bicyclic) bond motifs is 2. The van der Waals surface area contributed by atoms with Crippen LogP contribution in [0.1, 0.15) is 28.1 Å². The van der Waals surface area contributed by atoms with Crippen LogP contribution < -0.4 is 10.9 Å². The first kappa shape index (κ1) is 15.3. The molecule has 0 aliphatic carbocycles. The zero-order chi connectivity index (χ0) is 16.7. The monoisotopic (exact) mass is 343 g/mol. The summed E-state index contributed by atoms with van der Waals surface area (Å²) in [5, 5.41) is 3.36. The molecule has 6 nitrogen and oxygen atoms in total. The number of carbonyl (C=O) groups excluding carboxylic acids is 1. The Morgan fingerprint density at radius 2 is 2.42 bits per heavy atom. The fraction of sp³-hybridized carbons (Fsp3) is 0.353. The third kappa shape index (κ3) is 2.59. The Balaban J connectivity index is 1.68. The molecule has 0 spiro atoms. The maximum Gasteiger partial charge on any atom is 0.266 e. The minimum absolute atomic E-state index is 0.0947. The van der Waals surface area contributed by atoms with Crippen LogP contribution in [0.4, 0.5) is 0 Å². The van der Waals surface area contributed by atoms with Crippen LogP contribution in [-0.4, -0.2) is 34.5 Å². The number of aromatic nitrogens is 2. The zero-order valence-electron chi connectivity index (χ0n) is 13.2. The minimum atomic E-state index is -0.182. The maximum atomic E-state index is 12.6. The van der Waals surface area contributed by atoms with Gasteiger partial charge in [0, 0.05) is 19.3 Å². The number of nitrogens with one attached hydrogen (secondary N) is 1. The van der Waals surface area contributed by atoms with Crippen LogP contribution in [0.15, 0.2) is 29.2 Å². The maximum absolute atomic E-state index is 12.6. The molecule has 0 saturated carbocycles. The highest BCUT2D eigenvalue weighted by atomic mass is 32.1. The highest BCUT2D eigenvalue weighted by molar-refractivity contribution is 7.20. The van der Waals surface area contributed by atoms with Crippen molar-refractivity contribution in [3.8, 4) is 0 Å². The summed E-state index contributed by atoms with van der Waals surface area (Å²) >= 11 is 1.25. The lowest BCUT2D eigenvalue weighted by Gasteiger charge is -2.09. The number of thiophene rings is 1. The van der Waals surface area contributed by atoms with Crippen molar-refractivity contribution in [2.45, 2.75) is 25.9 Å². The van der Waals surface area contributed by atoms with Crippen molar-refractivity contribution in [2.24, 2.45) is 0 Å². The summed E-state index contributed by atoms with van der Waals surface area (Å²) < 4.78 is 7.03. The lowest BCUT2D eigenvalue weighted by Crippen LogP contribution is -2.31. The van der Waals surface area contributed by atoms with Crippen molar-refractivity contribution in [1.29, 1.82) is 0 Å². The molecular weight excluding hydrogens is 326 g/mol. The molecule has 1 amide bonds. The van der Waals surface area contributed by atoms with E-state index in [1.165, 1.54) is 15.7 Å². The van der Waals surface area contributed by atoms with E-state index in [-0.39, 0.29) is 17.6 Å². The largest absolute Gasteiger partial charge is 0.376 e. The normalized spacial score (nSPS) is 17.6. The van der Waals surface area contributed by atoms with Crippen molar-refractivity contribution in [1.82, 2.24) is 14.7 Å². The standard InChI is InChI=1S/C17H17N3O3S/c1-10-4-2-6-20-14(10)19-16-12(17(20)22)8-13(24-16)15(21)18-9-11-5-3-7-23-11/h2,4,6,8,11H,3,5,7,9H2,1H3,(H,18,21). The van der Waals surface area contributed by atoms with Crippen LogP contribution in [-0.2, 0) is 4.74 Å². The molecule has 1 aliphatic rings. The summed E-state index contributed by atoms with van der Waals surface area (Å²) in [5.41, 5.74) is 1.41. The van der Waals surface area contributed by atoms with Gasteiger partial charge in [-0.3, -0.25) is 14.0 Å². The van der Waals surface area contributed by atoms with Gasteiger partial charge in [0.25, 0.3) is 11.5 Å². The van der Waals surface area contributed by atoms with E-state index in [1.54, 1.807) is 12.3 Å². The van der Waals surface area contributed by atoms with E-state index >= 15 is 0 Å². The molecule has 4 rings (SSSR count). The van der Waals surface area contributed by atoms with E-state index in [0.29, 0.717) is 27.3 Å². The van der Waals surface area contributed by atoms with Gasteiger partial charge in [-0.1, -0.05) is 6.07 Å².